The highest BCUT2D eigenvalue weighted by Crippen LogP contribution is 2.58. The molecule has 0 bridgehead atoms. The van der Waals surface area contributed by atoms with Gasteiger partial charge in [-0.1, -0.05) is 48.3 Å². The number of para-hydroxylation sites is 1. The van der Waals surface area contributed by atoms with E-state index in [1.165, 1.54) is 5.56 Å². The molecule has 5 nitrogen and oxygen atoms in total. The first-order chi connectivity index (χ1) is 17.7. The molecule has 1 aromatic carbocycles. The van der Waals surface area contributed by atoms with Gasteiger partial charge in [0.05, 0.1) is 38.2 Å². The molecular weight excluding hydrogens is 508 g/mol. The highest BCUT2D eigenvalue weighted by atomic mass is 35.5. The number of rotatable bonds is 2. The molecule has 3 aromatic heterocycles. The van der Waals surface area contributed by atoms with Gasteiger partial charge in [0.2, 0.25) is 0 Å². The van der Waals surface area contributed by atoms with E-state index >= 15 is 4.39 Å². The van der Waals surface area contributed by atoms with Crippen molar-refractivity contribution in [2.45, 2.75) is 51.2 Å². The topological polar surface area (TPSA) is 49.7 Å². The number of alkyl halides is 1. The highest BCUT2D eigenvalue weighted by Gasteiger charge is 2.52. The smallest absolute Gasteiger partial charge is 0.166 e. The molecular formula is C29H26Cl2FN5. The summed E-state index contributed by atoms with van der Waals surface area (Å²) in [4.78, 5) is 9.94. The van der Waals surface area contributed by atoms with E-state index in [-0.39, 0.29) is 0 Å². The van der Waals surface area contributed by atoms with Crippen molar-refractivity contribution >= 4 is 34.6 Å². The van der Waals surface area contributed by atoms with Crippen molar-refractivity contribution in [2.24, 2.45) is 0 Å². The van der Waals surface area contributed by atoms with Gasteiger partial charge in [-0.3, -0.25) is 0 Å². The third-order valence-corrected chi connectivity index (χ3v) is 8.81. The van der Waals surface area contributed by atoms with E-state index < -0.39 is 11.1 Å². The Morgan fingerprint density at radius 2 is 2.03 bits per heavy atom. The average molecular weight is 534 g/mol. The highest BCUT2D eigenvalue weighted by molar-refractivity contribution is 6.36. The van der Waals surface area contributed by atoms with Crippen LogP contribution in [-0.2, 0) is 30.5 Å². The number of aryl methyl sites for hydroxylation is 1. The zero-order valence-electron chi connectivity index (χ0n) is 20.9. The van der Waals surface area contributed by atoms with Crippen LogP contribution < -0.4 is 4.90 Å². The Bertz CT molecular complexity index is 1630. The van der Waals surface area contributed by atoms with Gasteiger partial charge in [0.1, 0.15) is 5.82 Å². The van der Waals surface area contributed by atoms with Crippen molar-refractivity contribution in [1.82, 2.24) is 19.7 Å². The van der Waals surface area contributed by atoms with E-state index in [1.54, 1.807) is 19.2 Å². The first-order valence-corrected chi connectivity index (χ1v) is 13.4. The van der Waals surface area contributed by atoms with Gasteiger partial charge < -0.3 is 9.88 Å². The van der Waals surface area contributed by atoms with Crippen LogP contribution >= 0.6 is 23.2 Å². The van der Waals surface area contributed by atoms with Crippen LogP contribution in [-0.4, -0.2) is 26.3 Å². The molecule has 8 heteroatoms. The molecule has 2 unspecified atom stereocenters. The van der Waals surface area contributed by atoms with Gasteiger partial charge in [0, 0.05) is 43.0 Å². The summed E-state index contributed by atoms with van der Waals surface area (Å²) in [5, 5.41) is 6.26. The molecule has 188 valence electrons. The Balaban J connectivity index is 1.51. The van der Waals surface area contributed by atoms with Crippen LogP contribution in [0.25, 0.3) is 11.3 Å². The summed E-state index contributed by atoms with van der Waals surface area (Å²) in [6.07, 6.45) is 6.91. The van der Waals surface area contributed by atoms with E-state index in [2.05, 4.69) is 51.6 Å². The summed E-state index contributed by atoms with van der Waals surface area (Å²) in [5.74, 6) is 0.713. The van der Waals surface area contributed by atoms with Crippen molar-refractivity contribution in [2.75, 3.05) is 11.4 Å². The third-order valence-electron chi connectivity index (χ3n) is 8.33. The zero-order chi connectivity index (χ0) is 25.7. The Morgan fingerprint density at radius 3 is 2.81 bits per heavy atom. The lowest BCUT2D eigenvalue weighted by Crippen LogP contribution is -2.41. The number of allylic oxidation sites excluding steroid dienone is 2. The predicted molar refractivity (Wildman–Crippen MR) is 146 cm³/mol. The lowest BCUT2D eigenvalue weighted by Gasteiger charge is -2.45. The van der Waals surface area contributed by atoms with Crippen molar-refractivity contribution in [3.63, 3.8) is 0 Å². The number of hydrogen-bond donors (Lipinski definition) is 1. The number of aromatic nitrogens is 4. The number of pyridine rings is 1. The maximum atomic E-state index is 16.1. The van der Waals surface area contributed by atoms with E-state index in [4.69, 9.17) is 28.3 Å². The average Bonchev–Trinajstić information content (AvgIpc) is 3.52. The minimum Gasteiger partial charge on any atom is -0.362 e. The zero-order valence-corrected chi connectivity index (χ0v) is 22.4. The SMILES string of the molecule is CCc1cccc2c1-n1nc3c(c1C1(C)C2=CC(C)(F)c2[nH]ccc21)CN(c1ncc(Cl)cc1Cl)CC3. The Morgan fingerprint density at radius 1 is 1.19 bits per heavy atom. The van der Waals surface area contributed by atoms with Crippen LogP contribution in [0.5, 0.6) is 0 Å². The lowest BCUT2D eigenvalue weighted by atomic mass is 9.62. The van der Waals surface area contributed by atoms with Crippen molar-refractivity contribution < 1.29 is 4.39 Å². The first kappa shape index (κ1) is 23.1. The fraction of sp³-hybridized carbons (Fsp3) is 0.310. The standard InChI is InChI=1S/C29H26Cl2FN5/c1-4-16-6-5-7-18-21-13-28(2,32)25-20(8-10-33-25)29(21,3)26-19-15-36(27-22(31)12-17(30)14-34-27)11-9-23(19)35-37(26)24(16)18/h5-8,10,12-14,33H,4,9,11,15H2,1-3H3. The van der Waals surface area contributed by atoms with E-state index in [0.717, 1.165) is 58.7 Å². The third kappa shape index (κ3) is 3.03. The number of benzene rings is 1. The van der Waals surface area contributed by atoms with Gasteiger partial charge in [0.15, 0.2) is 5.67 Å². The van der Waals surface area contributed by atoms with Gasteiger partial charge in [0.25, 0.3) is 0 Å². The predicted octanol–water partition coefficient (Wildman–Crippen LogP) is 6.93. The minimum absolute atomic E-state index is 0.511. The molecule has 0 fully saturated rings. The summed E-state index contributed by atoms with van der Waals surface area (Å²) in [5.41, 5.74) is 6.96. The molecule has 2 aliphatic heterocycles. The van der Waals surface area contributed by atoms with E-state index in [9.17, 15) is 0 Å². The summed E-state index contributed by atoms with van der Waals surface area (Å²) in [6, 6.07) is 10.1. The largest absolute Gasteiger partial charge is 0.362 e. The molecule has 0 amide bonds. The maximum Gasteiger partial charge on any atom is 0.166 e. The second-order valence-electron chi connectivity index (χ2n) is 10.5. The second kappa shape index (κ2) is 7.71. The van der Waals surface area contributed by atoms with E-state index in [1.807, 2.05) is 18.3 Å². The molecule has 0 spiro atoms. The number of nitrogens with zero attached hydrogens (tertiary/aromatic N) is 4. The summed E-state index contributed by atoms with van der Waals surface area (Å²) >= 11 is 12.7. The fourth-order valence-corrected chi connectivity index (χ4v) is 7.14. The summed E-state index contributed by atoms with van der Waals surface area (Å²) in [6.45, 7) is 7.36. The molecule has 4 aromatic rings. The number of nitrogens with one attached hydrogen (secondary N) is 1. The van der Waals surface area contributed by atoms with Crippen LogP contribution in [0.4, 0.5) is 10.2 Å². The number of aromatic amines is 1. The van der Waals surface area contributed by atoms with Crippen molar-refractivity contribution in [3.05, 3.63) is 98.2 Å². The number of anilines is 1. The molecule has 2 atom stereocenters. The Kier molecular flexibility index (Phi) is 4.81. The van der Waals surface area contributed by atoms with Gasteiger partial charge in [-0.05, 0) is 55.2 Å². The number of H-pyrrole nitrogens is 1. The van der Waals surface area contributed by atoms with Gasteiger partial charge in [-0.15, -0.1) is 0 Å². The molecule has 0 saturated carbocycles. The van der Waals surface area contributed by atoms with Crippen molar-refractivity contribution in [3.8, 4) is 5.69 Å². The molecule has 7 rings (SSSR count). The molecule has 0 saturated heterocycles. The molecule has 1 N–H and O–H groups in total. The fourth-order valence-electron chi connectivity index (χ4n) is 6.64. The van der Waals surface area contributed by atoms with Crippen LogP contribution in [0.2, 0.25) is 10.0 Å². The van der Waals surface area contributed by atoms with Crippen LogP contribution in [0.15, 0.2) is 48.8 Å². The molecule has 0 radical (unpaired) electrons. The minimum atomic E-state index is -1.61. The van der Waals surface area contributed by atoms with Crippen LogP contribution in [0, 0.1) is 0 Å². The van der Waals surface area contributed by atoms with Crippen LogP contribution in [0.3, 0.4) is 0 Å². The lowest BCUT2D eigenvalue weighted by molar-refractivity contribution is 0.248. The summed E-state index contributed by atoms with van der Waals surface area (Å²) in [7, 11) is 0. The normalized spacial score (nSPS) is 23.5. The van der Waals surface area contributed by atoms with Crippen molar-refractivity contribution in [1.29, 1.82) is 0 Å². The summed E-state index contributed by atoms with van der Waals surface area (Å²) < 4.78 is 18.3. The monoisotopic (exact) mass is 533 g/mol. The maximum absolute atomic E-state index is 16.1. The number of fused-ring (bicyclic) bond motifs is 10. The molecule has 37 heavy (non-hydrogen) atoms. The number of halogens is 3. The molecule has 1 aliphatic carbocycles. The van der Waals surface area contributed by atoms with Gasteiger partial charge in [-0.25, -0.2) is 14.1 Å². The van der Waals surface area contributed by atoms with Gasteiger partial charge in [-0.2, -0.15) is 5.10 Å². The number of hydrogen-bond acceptors (Lipinski definition) is 3. The van der Waals surface area contributed by atoms with E-state index in [0.29, 0.717) is 28.1 Å². The Labute approximate surface area is 224 Å². The molecule has 5 heterocycles. The Hall–Kier alpha value is -3.09. The van der Waals surface area contributed by atoms with Gasteiger partial charge >= 0.3 is 0 Å². The molecule has 3 aliphatic rings. The first-order valence-electron chi connectivity index (χ1n) is 12.6. The van der Waals surface area contributed by atoms with Crippen LogP contribution in [0.1, 0.15) is 60.1 Å². The quantitative estimate of drug-likeness (QED) is 0.304. The second-order valence-corrected chi connectivity index (χ2v) is 11.4.